The number of rotatable bonds is 5. The second-order valence-electron chi connectivity index (χ2n) is 6.77. The second-order valence-corrected chi connectivity index (χ2v) is 6.77. The minimum atomic E-state index is -1.30. The molecule has 0 saturated heterocycles. The predicted octanol–water partition coefficient (Wildman–Crippen LogP) is 3.57. The molecular weight excluding hydrogens is 379 g/mol. The molecule has 0 bridgehead atoms. The molecule has 0 saturated carbocycles. The number of anilines is 1. The summed E-state index contributed by atoms with van der Waals surface area (Å²) >= 11 is 0. The van der Waals surface area contributed by atoms with Crippen LogP contribution in [0.5, 0.6) is 0 Å². The van der Waals surface area contributed by atoms with Crippen molar-refractivity contribution in [2.45, 2.75) is 32.8 Å². The van der Waals surface area contributed by atoms with E-state index in [-0.39, 0.29) is 11.4 Å². The first kappa shape index (κ1) is 20.4. The first-order valence-electron chi connectivity index (χ1n) is 9.10. The second kappa shape index (κ2) is 8.36. The van der Waals surface area contributed by atoms with Crippen LogP contribution in [0.4, 0.5) is 15.1 Å². The lowest BCUT2D eigenvalue weighted by molar-refractivity contribution is -0.0544. The Morgan fingerprint density at radius 3 is 2.69 bits per heavy atom. The van der Waals surface area contributed by atoms with Gasteiger partial charge in [-0.2, -0.15) is 0 Å². The predicted molar refractivity (Wildman–Crippen MR) is 106 cm³/mol. The fourth-order valence-electron chi connectivity index (χ4n) is 3.21. The molecule has 1 atom stereocenters. The van der Waals surface area contributed by atoms with Gasteiger partial charge in [0.25, 0.3) is 5.56 Å². The van der Waals surface area contributed by atoms with Crippen LogP contribution in [0.3, 0.4) is 0 Å². The first-order chi connectivity index (χ1) is 13.8. The standard InChI is InChI=1S/C20H21FN4O4/c1-4-5-17(26)15-6-11(2)14(10-22-15)13-7-12-9-23-18(24-20(28)29-21)8-16(12)25(3)19(13)27/h6-10,17,26H,4-5H2,1-3H3,(H,23,24,28)/t17-/m0/s1. The van der Waals surface area contributed by atoms with E-state index in [1.807, 2.05) is 13.8 Å². The third-order valence-electron chi connectivity index (χ3n) is 4.73. The van der Waals surface area contributed by atoms with E-state index in [2.05, 4.69) is 20.2 Å². The van der Waals surface area contributed by atoms with Gasteiger partial charge in [-0.3, -0.25) is 15.1 Å². The fourth-order valence-corrected chi connectivity index (χ4v) is 3.21. The van der Waals surface area contributed by atoms with Crippen LogP contribution in [0.2, 0.25) is 0 Å². The van der Waals surface area contributed by atoms with Crippen LogP contribution >= 0.6 is 0 Å². The Morgan fingerprint density at radius 2 is 2.03 bits per heavy atom. The van der Waals surface area contributed by atoms with Crippen LogP contribution in [0, 0.1) is 6.92 Å². The lowest BCUT2D eigenvalue weighted by atomic mass is 10.0. The summed E-state index contributed by atoms with van der Waals surface area (Å²) < 4.78 is 13.3. The Hall–Kier alpha value is -3.33. The van der Waals surface area contributed by atoms with Crippen molar-refractivity contribution in [2.75, 3.05) is 5.32 Å². The maximum Gasteiger partial charge on any atom is 0.450 e. The van der Waals surface area contributed by atoms with Gasteiger partial charge in [0.2, 0.25) is 0 Å². The van der Waals surface area contributed by atoms with E-state index < -0.39 is 12.2 Å². The fraction of sp³-hybridized carbons (Fsp3) is 0.300. The lowest BCUT2D eigenvalue weighted by Gasteiger charge is -2.14. The number of fused-ring (bicyclic) bond motifs is 1. The topological polar surface area (TPSA) is 106 Å². The molecule has 29 heavy (non-hydrogen) atoms. The van der Waals surface area contributed by atoms with Crippen molar-refractivity contribution in [3.8, 4) is 11.1 Å². The summed E-state index contributed by atoms with van der Waals surface area (Å²) in [7, 11) is 1.59. The Morgan fingerprint density at radius 1 is 1.28 bits per heavy atom. The summed E-state index contributed by atoms with van der Waals surface area (Å²) in [5, 5.41) is 12.9. The van der Waals surface area contributed by atoms with Crippen LogP contribution in [0.25, 0.3) is 22.0 Å². The zero-order valence-corrected chi connectivity index (χ0v) is 16.3. The summed E-state index contributed by atoms with van der Waals surface area (Å²) in [6, 6.07) is 4.92. The van der Waals surface area contributed by atoms with Gasteiger partial charge in [0.05, 0.1) is 17.3 Å². The minimum absolute atomic E-state index is 0.0509. The van der Waals surface area contributed by atoms with Crippen molar-refractivity contribution in [3.05, 3.63) is 52.2 Å². The zero-order valence-electron chi connectivity index (χ0n) is 16.3. The average molecular weight is 400 g/mol. The molecule has 2 N–H and O–H groups in total. The molecular formula is C20H21FN4O4. The van der Waals surface area contributed by atoms with Gasteiger partial charge >= 0.3 is 6.09 Å². The smallest absolute Gasteiger partial charge is 0.387 e. The number of aryl methyl sites for hydroxylation is 2. The van der Waals surface area contributed by atoms with Crippen LogP contribution in [-0.4, -0.2) is 25.7 Å². The van der Waals surface area contributed by atoms with Gasteiger partial charge in [-0.05, 0) is 31.0 Å². The largest absolute Gasteiger partial charge is 0.450 e. The SMILES string of the molecule is CCC[C@H](O)c1cc(C)c(-c2cc3cnc(NC(=O)OF)cc3n(C)c2=O)cn1. The van der Waals surface area contributed by atoms with E-state index in [9.17, 15) is 19.2 Å². The van der Waals surface area contributed by atoms with Gasteiger partial charge in [-0.25, -0.2) is 14.7 Å². The quantitative estimate of drug-likeness (QED) is 0.678. The van der Waals surface area contributed by atoms with Gasteiger partial charge in [-0.15, -0.1) is 0 Å². The summed E-state index contributed by atoms with van der Waals surface area (Å²) in [6.45, 7) is 3.84. The molecule has 3 aromatic heterocycles. The highest BCUT2D eigenvalue weighted by Crippen LogP contribution is 2.26. The summed E-state index contributed by atoms with van der Waals surface area (Å²) in [4.78, 5) is 35.4. The van der Waals surface area contributed by atoms with E-state index in [1.165, 1.54) is 16.8 Å². The maximum absolute atomic E-state index is 12.9. The molecule has 0 fully saturated rings. The molecule has 9 heteroatoms. The molecule has 0 radical (unpaired) electrons. The number of hydrogen-bond donors (Lipinski definition) is 2. The summed E-state index contributed by atoms with van der Waals surface area (Å²) in [6.07, 6.45) is 2.56. The Bertz CT molecular complexity index is 1130. The average Bonchev–Trinajstić information content (AvgIpc) is 2.71. The molecule has 3 aromatic rings. The summed E-state index contributed by atoms with van der Waals surface area (Å²) in [5.74, 6) is 0.0509. The van der Waals surface area contributed by atoms with Gasteiger partial charge in [0, 0.05) is 46.5 Å². The maximum atomic E-state index is 12.9. The number of hydrogen-bond acceptors (Lipinski definition) is 6. The molecule has 8 nitrogen and oxygen atoms in total. The van der Waals surface area contributed by atoms with E-state index in [0.29, 0.717) is 34.1 Å². The van der Waals surface area contributed by atoms with E-state index in [4.69, 9.17) is 0 Å². The number of aliphatic hydroxyl groups excluding tert-OH is 1. The van der Waals surface area contributed by atoms with Crippen molar-refractivity contribution < 1.29 is 19.4 Å². The van der Waals surface area contributed by atoms with E-state index in [1.54, 1.807) is 25.4 Å². The van der Waals surface area contributed by atoms with Gasteiger partial charge in [-0.1, -0.05) is 13.3 Å². The van der Waals surface area contributed by atoms with Crippen molar-refractivity contribution in [2.24, 2.45) is 7.05 Å². The highest BCUT2D eigenvalue weighted by atomic mass is 19.3. The minimum Gasteiger partial charge on any atom is -0.387 e. The Balaban J connectivity index is 2.07. The molecule has 0 spiro atoms. The molecule has 3 heterocycles. The van der Waals surface area contributed by atoms with Crippen molar-refractivity contribution in [1.29, 1.82) is 0 Å². The number of aromatic nitrogens is 3. The number of carbonyl (C=O) groups excluding carboxylic acids is 1. The molecule has 0 aliphatic carbocycles. The van der Waals surface area contributed by atoms with E-state index in [0.717, 1.165) is 12.0 Å². The highest BCUT2D eigenvalue weighted by molar-refractivity contribution is 5.89. The van der Waals surface area contributed by atoms with Gasteiger partial charge in [0.1, 0.15) is 5.82 Å². The Labute approximate surface area is 165 Å². The zero-order chi connectivity index (χ0) is 21.1. The monoisotopic (exact) mass is 400 g/mol. The summed E-state index contributed by atoms with van der Waals surface area (Å²) in [5.41, 5.74) is 2.72. The van der Waals surface area contributed by atoms with Crippen molar-refractivity contribution in [3.63, 3.8) is 0 Å². The van der Waals surface area contributed by atoms with E-state index >= 15 is 0 Å². The normalized spacial score (nSPS) is 12.0. The van der Waals surface area contributed by atoms with Crippen LogP contribution in [0.1, 0.15) is 37.1 Å². The molecule has 0 aromatic carbocycles. The van der Waals surface area contributed by atoms with Gasteiger partial charge < -0.3 is 9.67 Å². The number of amides is 1. The molecule has 0 aliphatic rings. The van der Waals surface area contributed by atoms with Crippen molar-refractivity contribution in [1.82, 2.24) is 14.5 Å². The molecule has 152 valence electrons. The molecule has 1 amide bonds. The number of nitrogens with zero attached hydrogens (tertiary/aromatic N) is 3. The van der Waals surface area contributed by atoms with Crippen LogP contribution in [-0.2, 0) is 12.0 Å². The highest BCUT2D eigenvalue weighted by Gasteiger charge is 2.15. The third kappa shape index (κ3) is 4.09. The van der Waals surface area contributed by atoms with Crippen LogP contribution < -0.4 is 10.9 Å². The van der Waals surface area contributed by atoms with Gasteiger partial charge in [0.15, 0.2) is 0 Å². The van der Waals surface area contributed by atoms with Crippen LogP contribution in [0.15, 0.2) is 35.4 Å². The number of aliphatic hydroxyl groups is 1. The molecule has 0 aliphatic heterocycles. The molecule has 0 unspecified atom stereocenters. The number of halogens is 1. The lowest BCUT2D eigenvalue weighted by Crippen LogP contribution is -2.20. The third-order valence-corrected chi connectivity index (χ3v) is 4.73. The number of pyridine rings is 3. The number of carbonyl (C=O) groups is 1. The first-order valence-corrected chi connectivity index (χ1v) is 9.10. The Kier molecular flexibility index (Phi) is 5.88. The molecule has 3 rings (SSSR count). The number of nitrogens with one attached hydrogen (secondary N) is 1. The van der Waals surface area contributed by atoms with Crippen molar-refractivity contribution >= 4 is 22.8 Å².